The maximum atomic E-state index is 5.88. The van der Waals surface area contributed by atoms with Gasteiger partial charge in [0.05, 0.1) is 0 Å². The molecule has 0 aliphatic rings. The minimum absolute atomic E-state index is 0.293. The number of halogens is 2. The number of hydrogen-bond donors (Lipinski definition) is 0. The molecular weight excluding hydrogens is 326 g/mol. The quantitative estimate of drug-likeness (QED) is 0.569. The van der Waals surface area contributed by atoms with E-state index in [4.69, 9.17) is 16.0 Å². The van der Waals surface area contributed by atoms with E-state index in [1.165, 1.54) is 5.56 Å². The van der Waals surface area contributed by atoms with Crippen molar-refractivity contribution in [3.8, 4) is 11.5 Å². The zero-order chi connectivity index (χ0) is 13.4. The van der Waals surface area contributed by atoms with Gasteiger partial charge in [-0.15, -0.1) is 0 Å². The average Bonchev–Trinajstić information content (AvgIpc) is 2.82. The van der Waals surface area contributed by atoms with Crippen LogP contribution in [0.5, 0.6) is 0 Å². The normalized spacial score (nSPS) is 12.8. The monoisotopic (exact) mass is 335 g/mol. The van der Waals surface area contributed by atoms with Crippen molar-refractivity contribution in [3.63, 3.8) is 0 Å². The van der Waals surface area contributed by atoms with Crippen LogP contribution in [0.1, 0.15) is 17.3 Å². The highest BCUT2D eigenvalue weighted by Crippen LogP contribution is 2.29. The predicted molar refractivity (Wildman–Crippen MR) is 81.8 cm³/mol. The van der Waals surface area contributed by atoms with Crippen LogP contribution in [0.3, 0.4) is 0 Å². The highest BCUT2D eigenvalue weighted by Gasteiger charge is 2.10. The summed E-state index contributed by atoms with van der Waals surface area (Å²) in [7, 11) is 0. The van der Waals surface area contributed by atoms with Crippen molar-refractivity contribution in [2.75, 3.05) is 0 Å². The van der Waals surface area contributed by atoms with Gasteiger partial charge in [0.2, 0.25) is 5.89 Å². The van der Waals surface area contributed by atoms with Crippen LogP contribution in [0.15, 0.2) is 46.9 Å². The summed E-state index contributed by atoms with van der Waals surface area (Å²) in [6, 6.07) is 13.5. The first kappa shape index (κ1) is 12.7. The summed E-state index contributed by atoms with van der Waals surface area (Å²) in [5.41, 5.74) is 3.76. The van der Waals surface area contributed by atoms with E-state index in [1.807, 2.05) is 36.4 Å². The molecule has 3 rings (SSSR count). The lowest BCUT2D eigenvalue weighted by Crippen LogP contribution is -1.81. The number of oxazole rings is 1. The molecule has 0 aliphatic heterocycles. The molecule has 2 nitrogen and oxygen atoms in total. The van der Waals surface area contributed by atoms with Crippen LogP contribution in [0.2, 0.25) is 5.02 Å². The molecule has 2 aromatic carbocycles. The first-order valence-corrected chi connectivity index (χ1v) is 7.23. The molecule has 19 heavy (non-hydrogen) atoms. The predicted octanol–water partition coefficient (Wildman–Crippen LogP) is 5.60. The van der Waals surface area contributed by atoms with Gasteiger partial charge in [-0.1, -0.05) is 33.6 Å². The van der Waals surface area contributed by atoms with E-state index in [0.717, 1.165) is 16.7 Å². The van der Waals surface area contributed by atoms with Crippen LogP contribution >= 0.6 is 27.5 Å². The molecule has 1 unspecified atom stereocenters. The summed E-state index contributed by atoms with van der Waals surface area (Å²) in [6.07, 6.45) is 0. The zero-order valence-corrected chi connectivity index (χ0v) is 12.6. The van der Waals surface area contributed by atoms with E-state index in [0.29, 0.717) is 15.7 Å². The highest BCUT2D eigenvalue weighted by molar-refractivity contribution is 9.09. The molecule has 0 saturated heterocycles. The summed E-state index contributed by atoms with van der Waals surface area (Å²) < 4.78 is 5.81. The lowest BCUT2D eigenvalue weighted by molar-refractivity contribution is 0.619. The molecule has 0 radical (unpaired) electrons. The number of aromatic nitrogens is 1. The molecule has 4 heteroatoms. The Balaban J connectivity index is 2.08. The van der Waals surface area contributed by atoms with Gasteiger partial charge < -0.3 is 4.42 Å². The second-order valence-electron chi connectivity index (χ2n) is 4.37. The van der Waals surface area contributed by atoms with E-state index in [9.17, 15) is 0 Å². The standard InChI is InChI=1S/C15H11BrClNO/c1-9(16)11-4-7-13-14(8-11)19-15(18-13)10-2-5-12(17)6-3-10/h2-9H,1H3. The van der Waals surface area contributed by atoms with Gasteiger partial charge in [-0.2, -0.15) is 0 Å². The van der Waals surface area contributed by atoms with Crippen LogP contribution < -0.4 is 0 Å². The molecule has 0 spiro atoms. The van der Waals surface area contributed by atoms with Crippen molar-refractivity contribution >= 4 is 38.6 Å². The molecule has 0 amide bonds. The molecule has 96 valence electrons. The Kier molecular flexibility index (Phi) is 3.33. The number of rotatable bonds is 2. The van der Waals surface area contributed by atoms with Crippen LogP contribution in [0.25, 0.3) is 22.6 Å². The van der Waals surface area contributed by atoms with Crippen molar-refractivity contribution in [1.29, 1.82) is 0 Å². The van der Waals surface area contributed by atoms with Gasteiger partial charge in [0.15, 0.2) is 5.58 Å². The third kappa shape index (κ3) is 2.53. The van der Waals surface area contributed by atoms with Crippen LogP contribution in [-0.4, -0.2) is 4.98 Å². The fourth-order valence-corrected chi connectivity index (χ4v) is 2.32. The minimum Gasteiger partial charge on any atom is -0.436 e. The van der Waals surface area contributed by atoms with Gasteiger partial charge in [-0.25, -0.2) is 4.98 Å². The van der Waals surface area contributed by atoms with Crippen molar-refractivity contribution in [1.82, 2.24) is 4.98 Å². The Morgan fingerprint density at radius 1 is 1.16 bits per heavy atom. The summed E-state index contributed by atoms with van der Waals surface area (Å²) in [5.74, 6) is 0.617. The SMILES string of the molecule is CC(Br)c1ccc2nc(-c3ccc(Cl)cc3)oc2c1. The van der Waals surface area contributed by atoms with Gasteiger partial charge in [-0.05, 0) is 48.9 Å². The Labute approximate surface area is 124 Å². The minimum atomic E-state index is 0.293. The van der Waals surface area contributed by atoms with E-state index in [2.05, 4.69) is 33.9 Å². The number of hydrogen-bond acceptors (Lipinski definition) is 2. The highest BCUT2D eigenvalue weighted by atomic mass is 79.9. The fraction of sp³-hybridized carbons (Fsp3) is 0.133. The van der Waals surface area contributed by atoms with Gasteiger partial charge >= 0.3 is 0 Å². The lowest BCUT2D eigenvalue weighted by Gasteiger charge is -2.01. The van der Waals surface area contributed by atoms with E-state index >= 15 is 0 Å². The number of nitrogens with zero attached hydrogens (tertiary/aromatic N) is 1. The molecular formula is C15H11BrClNO. The second kappa shape index (κ2) is 4.99. The van der Waals surface area contributed by atoms with Crippen LogP contribution in [-0.2, 0) is 0 Å². The molecule has 0 saturated carbocycles. The summed E-state index contributed by atoms with van der Waals surface area (Å²) in [5, 5.41) is 0.704. The molecule has 0 fully saturated rings. The van der Waals surface area contributed by atoms with Crippen molar-refractivity contribution < 1.29 is 4.42 Å². The Morgan fingerprint density at radius 3 is 2.58 bits per heavy atom. The molecule has 0 N–H and O–H groups in total. The topological polar surface area (TPSA) is 26.0 Å². The molecule has 0 aliphatic carbocycles. The first-order valence-electron chi connectivity index (χ1n) is 5.94. The summed E-state index contributed by atoms with van der Waals surface area (Å²) in [6.45, 7) is 2.08. The first-order chi connectivity index (χ1) is 9.13. The van der Waals surface area contributed by atoms with Gasteiger partial charge in [0, 0.05) is 15.4 Å². The average molecular weight is 337 g/mol. The van der Waals surface area contributed by atoms with E-state index in [1.54, 1.807) is 0 Å². The van der Waals surface area contributed by atoms with Crippen molar-refractivity contribution in [3.05, 3.63) is 53.1 Å². The second-order valence-corrected chi connectivity index (χ2v) is 6.18. The maximum absolute atomic E-state index is 5.88. The Hall–Kier alpha value is -1.32. The maximum Gasteiger partial charge on any atom is 0.227 e. The van der Waals surface area contributed by atoms with Gasteiger partial charge in [0.25, 0.3) is 0 Å². The number of benzene rings is 2. The molecule has 1 heterocycles. The van der Waals surface area contributed by atoms with Crippen LogP contribution in [0, 0.1) is 0 Å². The van der Waals surface area contributed by atoms with Gasteiger partial charge in [-0.3, -0.25) is 0 Å². The van der Waals surface area contributed by atoms with E-state index < -0.39 is 0 Å². The van der Waals surface area contributed by atoms with Gasteiger partial charge in [0.1, 0.15) is 5.52 Å². The third-order valence-electron chi connectivity index (χ3n) is 2.96. The molecule has 1 atom stereocenters. The Bertz CT molecular complexity index is 719. The van der Waals surface area contributed by atoms with Crippen molar-refractivity contribution in [2.45, 2.75) is 11.8 Å². The zero-order valence-electron chi connectivity index (χ0n) is 10.2. The molecule has 3 aromatic rings. The summed E-state index contributed by atoms with van der Waals surface area (Å²) in [4.78, 5) is 4.78. The Morgan fingerprint density at radius 2 is 1.89 bits per heavy atom. The van der Waals surface area contributed by atoms with Crippen molar-refractivity contribution in [2.24, 2.45) is 0 Å². The third-order valence-corrected chi connectivity index (χ3v) is 3.74. The lowest BCUT2D eigenvalue weighted by atomic mass is 10.1. The smallest absolute Gasteiger partial charge is 0.227 e. The largest absolute Gasteiger partial charge is 0.436 e. The number of alkyl halides is 1. The van der Waals surface area contributed by atoms with E-state index in [-0.39, 0.29) is 0 Å². The summed E-state index contributed by atoms with van der Waals surface area (Å²) >= 11 is 9.43. The molecule has 1 aromatic heterocycles. The molecule has 0 bridgehead atoms. The van der Waals surface area contributed by atoms with Crippen LogP contribution in [0.4, 0.5) is 0 Å². The fourth-order valence-electron chi connectivity index (χ4n) is 1.90. The number of fused-ring (bicyclic) bond motifs is 1.